The Morgan fingerprint density at radius 1 is 1.27 bits per heavy atom. The number of morpholine rings is 1. The minimum atomic E-state index is -0.830. The Labute approximate surface area is 223 Å². The number of carbonyl (C=O) groups excluding carboxylic acids is 2. The van der Waals surface area contributed by atoms with Crippen LogP contribution in [0.2, 0.25) is 5.02 Å². The van der Waals surface area contributed by atoms with Crippen molar-refractivity contribution in [2.45, 2.75) is 56.8 Å². The first-order valence-electron chi connectivity index (χ1n) is 13.1. The molecule has 1 aliphatic heterocycles. The minimum absolute atomic E-state index is 0.0261. The molecule has 3 amide bonds. The number of likely N-dealkylation sites (N-methyl/N-ethyl adjacent to an activating group) is 1. The van der Waals surface area contributed by atoms with Gasteiger partial charge in [0.1, 0.15) is 18.0 Å². The molecule has 1 aromatic carbocycles. The summed E-state index contributed by atoms with van der Waals surface area (Å²) in [6.45, 7) is 1.89. The van der Waals surface area contributed by atoms with Gasteiger partial charge in [0.05, 0.1) is 31.9 Å². The van der Waals surface area contributed by atoms with Gasteiger partial charge in [-0.3, -0.25) is 0 Å². The lowest BCUT2D eigenvalue weighted by molar-refractivity contribution is -0.106. The monoisotopic (exact) mass is 542 g/mol. The van der Waals surface area contributed by atoms with E-state index in [0.717, 1.165) is 6.42 Å². The molecule has 1 aliphatic carbocycles. The van der Waals surface area contributed by atoms with Crippen LogP contribution in [-0.4, -0.2) is 82.7 Å². The van der Waals surface area contributed by atoms with Gasteiger partial charge in [0, 0.05) is 31.2 Å². The normalized spacial score (nSPS) is 20.2. The third kappa shape index (κ3) is 8.98. The van der Waals surface area contributed by atoms with E-state index in [1.165, 1.54) is 45.3 Å². The maximum atomic E-state index is 15.0. The first-order valence-corrected chi connectivity index (χ1v) is 13.5. The fourth-order valence-corrected chi connectivity index (χ4v) is 5.30. The average molecular weight is 543 g/mol. The lowest BCUT2D eigenvalue weighted by Crippen LogP contribution is -2.54. The van der Waals surface area contributed by atoms with Crippen molar-refractivity contribution in [2.75, 3.05) is 53.6 Å². The van der Waals surface area contributed by atoms with Crippen molar-refractivity contribution in [2.24, 2.45) is 5.92 Å². The van der Waals surface area contributed by atoms with E-state index in [4.69, 9.17) is 21.1 Å². The molecule has 37 heavy (non-hydrogen) atoms. The van der Waals surface area contributed by atoms with Crippen LogP contribution in [0.25, 0.3) is 0 Å². The molecule has 2 aliphatic rings. The van der Waals surface area contributed by atoms with Gasteiger partial charge in [-0.05, 0) is 25.5 Å². The molecule has 3 unspecified atom stereocenters. The summed E-state index contributed by atoms with van der Waals surface area (Å²) in [6.07, 6.45) is 5.15. The van der Waals surface area contributed by atoms with Crippen molar-refractivity contribution in [1.82, 2.24) is 20.9 Å². The first-order chi connectivity index (χ1) is 17.9. The molecule has 208 valence electrons. The molecular weight excluding hydrogens is 503 g/mol. The quantitative estimate of drug-likeness (QED) is 0.367. The fraction of sp³-hybridized carbons (Fsp3) is 0.692. The number of hydrogen-bond donors (Lipinski definition) is 3. The molecule has 1 aromatic rings. The number of nitrogens with zero attached hydrogens (tertiary/aromatic N) is 1. The Balaban J connectivity index is 1.66. The first kappa shape index (κ1) is 29.4. The number of hydrogen-bond acceptors (Lipinski definition) is 6. The van der Waals surface area contributed by atoms with E-state index in [9.17, 15) is 14.0 Å². The van der Waals surface area contributed by atoms with E-state index < -0.39 is 24.1 Å². The Morgan fingerprint density at radius 3 is 2.78 bits per heavy atom. The van der Waals surface area contributed by atoms with Crippen LogP contribution < -0.4 is 16.0 Å². The summed E-state index contributed by atoms with van der Waals surface area (Å²) in [5.41, 5.74) is 0.239. The summed E-state index contributed by atoms with van der Waals surface area (Å²) in [5.74, 6) is 0.0360. The predicted octanol–water partition coefficient (Wildman–Crippen LogP) is 3.86. The lowest BCUT2D eigenvalue weighted by Gasteiger charge is -2.38. The highest BCUT2D eigenvalue weighted by Gasteiger charge is 2.34. The number of urea groups is 1. The Kier molecular flexibility index (Phi) is 12.2. The van der Waals surface area contributed by atoms with Gasteiger partial charge in [0.15, 0.2) is 0 Å². The number of rotatable bonds is 11. The van der Waals surface area contributed by atoms with Gasteiger partial charge >= 0.3 is 12.1 Å². The number of amides is 3. The maximum absolute atomic E-state index is 15.0. The molecule has 1 heterocycles. The zero-order chi connectivity index (χ0) is 26.6. The highest BCUT2D eigenvalue weighted by Crippen LogP contribution is 2.31. The standard InChI is InChI=1S/C26H40ClFN4O5/c1-29-16-19(15-18-7-4-3-5-8-18)31-25(33)32-12-14-36-22(17-32)24(37-13-11-30-26(34)35-2)20-9-6-10-21(27)23(20)28/h6,9-10,18-19,22,24,29H,3-5,7-8,11-17H2,1-2H3,(H,30,34)(H,31,33). The van der Waals surface area contributed by atoms with Crippen LogP contribution in [0.3, 0.4) is 0 Å². The van der Waals surface area contributed by atoms with Crippen molar-refractivity contribution in [1.29, 1.82) is 0 Å². The number of alkyl carbamates (subject to hydrolysis) is 1. The van der Waals surface area contributed by atoms with Gasteiger partial charge < -0.3 is 35.1 Å². The van der Waals surface area contributed by atoms with Gasteiger partial charge in [-0.25, -0.2) is 14.0 Å². The Morgan fingerprint density at radius 2 is 2.05 bits per heavy atom. The number of nitrogens with one attached hydrogen (secondary N) is 3. The second-order valence-electron chi connectivity index (χ2n) is 9.65. The van der Waals surface area contributed by atoms with Gasteiger partial charge in [-0.2, -0.15) is 0 Å². The molecule has 11 heteroatoms. The van der Waals surface area contributed by atoms with Crippen LogP contribution in [0.15, 0.2) is 18.2 Å². The fourth-order valence-electron chi connectivity index (χ4n) is 5.12. The van der Waals surface area contributed by atoms with Crippen LogP contribution in [0, 0.1) is 11.7 Å². The topological polar surface area (TPSA) is 101 Å². The van der Waals surface area contributed by atoms with Crippen LogP contribution in [0.5, 0.6) is 0 Å². The third-order valence-electron chi connectivity index (χ3n) is 6.98. The van der Waals surface area contributed by atoms with E-state index in [2.05, 4.69) is 20.7 Å². The molecule has 3 atom stereocenters. The predicted molar refractivity (Wildman–Crippen MR) is 139 cm³/mol. The lowest BCUT2D eigenvalue weighted by atomic mass is 9.85. The molecular formula is C26H40ClFN4O5. The zero-order valence-electron chi connectivity index (χ0n) is 21.8. The van der Waals surface area contributed by atoms with E-state index in [1.807, 2.05) is 7.05 Å². The Hall–Kier alpha value is -2.14. The molecule has 9 nitrogen and oxygen atoms in total. The van der Waals surface area contributed by atoms with Crippen molar-refractivity contribution >= 4 is 23.7 Å². The van der Waals surface area contributed by atoms with Crippen LogP contribution in [-0.2, 0) is 14.2 Å². The molecule has 2 fully saturated rings. The molecule has 0 radical (unpaired) electrons. The highest BCUT2D eigenvalue weighted by atomic mass is 35.5. The van der Waals surface area contributed by atoms with E-state index in [0.29, 0.717) is 25.6 Å². The van der Waals surface area contributed by atoms with E-state index >= 15 is 0 Å². The number of benzene rings is 1. The highest BCUT2D eigenvalue weighted by molar-refractivity contribution is 6.30. The largest absolute Gasteiger partial charge is 0.453 e. The molecule has 0 spiro atoms. The second kappa shape index (κ2) is 15.3. The summed E-state index contributed by atoms with van der Waals surface area (Å²) < 4.78 is 31.5. The van der Waals surface area contributed by atoms with E-state index in [1.54, 1.807) is 17.0 Å². The molecule has 1 saturated carbocycles. The third-order valence-corrected chi connectivity index (χ3v) is 7.27. The number of carbonyl (C=O) groups is 2. The van der Waals surface area contributed by atoms with Crippen molar-refractivity contribution in [3.63, 3.8) is 0 Å². The van der Waals surface area contributed by atoms with Gasteiger partial charge in [0.25, 0.3) is 0 Å². The molecule has 0 bridgehead atoms. The molecule has 3 N–H and O–H groups in total. The van der Waals surface area contributed by atoms with Crippen LogP contribution in [0.4, 0.5) is 14.0 Å². The van der Waals surface area contributed by atoms with Gasteiger partial charge in [-0.1, -0.05) is 55.8 Å². The maximum Gasteiger partial charge on any atom is 0.406 e. The number of halogens is 2. The van der Waals surface area contributed by atoms with Crippen molar-refractivity contribution in [3.05, 3.63) is 34.6 Å². The van der Waals surface area contributed by atoms with Gasteiger partial charge in [-0.15, -0.1) is 0 Å². The van der Waals surface area contributed by atoms with Crippen LogP contribution in [0.1, 0.15) is 50.2 Å². The van der Waals surface area contributed by atoms with E-state index in [-0.39, 0.29) is 42.4 Å². The summed E-state index contributed by atoms with van der Waals surface area (Å²) in [5, 5.41) is 8.90. The zero-order valence-corrected chi connectivity index (χ0v) is 22.5. The second-order valence-corrected chi connectivity index (χ2v) is 10.1. The molecule has 1 saturated heterocycles. The van der Waals surface area contributed by atoms with Crippen molar-refractivity contribution in [3.8, 4) is 0 Å². The number of methoxy groups -OCH3 is 1. The molecule has 0 aromatic heterocycles. The summed E-state index contributed by atoms with van der Waals surface area (Å²) in [6, 6.07) is 4.57. The molecule has 3 rings (SSSR count). The van der Waals surface area contributed by atoms with Crippen LogP contribution >= 0.6 is 11.6 Å². The smallest absolute Gasteiger partial charge is 0.406 e. The van der Waals surface area contributed by atoms with Crippen molar-refractivity contribution < 1.29 is 28.2 Å². The SMILES string of the molecule is CNCC(CC1CCCCC1)NC(=O)N1CCOC(C(OCCNC(=O)OC)c2cccc(Cl)c2F)C1. The minimum Gasteiger partial charge on any atom is -0.453 e. The summed E-state index contributed by atoms with van der Waals surface area (Å²) >= 11 is 6.04. The summed E-state index contributed by atoms with van der Waals surface area (Å²) in [4.78, 5) is 26.3. The average Bonchev–Trinajstić information content (AvgIpc) is 2.91. The number of ether oxygens (including phenoxy) is 3. The van der Waals surface area contributed by atoms with Gasteiger partial charge in [0.2, 0.25) is 0 Å². The Bertz CT molecular complexity index is 873. The summed E-state index contributed by atoms with van der Waals surface area (Å²) in [7, 11) is 3.16.